The molecule has 0 radical (unpaired) electrons. The first-order valence-electron chi connectivity index (χ1n) is 6.26. The highest BCUT2D eigenvalue weighted by atomic mass is 32.2. The summed E-state index contributed by atoms with van der Waals surface area (Å²) in [5.74, 6) is -1.11. The predicted molar refractivity (Wildman–Crippen MR) is 73.5 cm³/mol. The van der Waals surface area contributed by atoms with E-state index in [0.29, 0.717) is 0 Å². The van der Waals surface area contributed by atoms with Gasteiger partial charge in [-0.2, -0.15) is 0 Å². The lowest BCUT2D eigenvalue weighted by Crippen LogP contribution is -2.22. The van der Waals surface area contributed by atoms with Crippen molar-refractivity contribution < 1.29 is 9.90 Å². The van der Waals surface area contributed by atoms with Crippen LogP contribution in [-0.4, -0.2) is 5.97 Å². The van der Waals surface area contributed by atoms with Gasteiger partial charge in [0.2, 0.25) is 0 Å². The van der Waals surface area contributed by atoms with Gasteiger partial charge in [0.25, 0.3) is 0 Å². The Morgan fingerprint density at radius 2 is 1.95 bits per heavy atom. The lowest BCUT2D eigenvalue weighted by atomic mass is 9.99. The van der Waals surface area contributed by atoms with Gasteiger partial charge in [0.05, 0.1) is 5.97 Å². The van der Waals surface area contributed by atoms with Gasteiger partial charge < -0.3 is 9.90 Å². The molecule has 2 nitrogen and oxygen atoms in total. The van der Waals surface area contributed by atoms with E-state index >= 15 is 0 Å². The minimum atomic E-state index is -1.11. The maximum absolute atomic E-state index is 11.1. The van der Waals surface area contributed by atoms with Gasteiger partial charge in [0, 0.05) is 9.79 Å². The molecule has 1 aliphatic heterocycles. The molecule has 0 aliphatic carbocycles. The summed E-state index contributed by atoms with van der Waals surface area (Å²) in [5, 5.41) is 11.1. The maximum atomic E-state index is 11.1. The van der Waals surface area contributed by atoms with Crippen LogP contribution in [0.15, 0.2) is 46.2 Å². The molecule has 0 bridgehead atoms. The van der Waals surface area contributed by atoms with Gasteiger partial charge in [0.15, 0.2) is 0 Å². The first kappa shape index (κ1) is 12.3. The van der Waals surface area contributed by atoms with E-state index in [0.717, 1.165) is 23.3 Å². The van der Waals surface area contributed by atoms with Crippen molar-refractivity contribution in [1.29, 1.82) is 0 Å². The number of carbonyl (C=O) groups excluding carboxylic acids is 1. The monoisotopic (exact) mass is 269 g/mol. The van der Waals surface area contributed by atoms with Crippen molar-refractivity contribution in [3.05, 3.63) is 58.7 Å². The van der Waals surface area contributed by atoms with E-state index < -0.39 is 5.97 Å². The predicted octanol–water partition coefficient (Wildman–Crippen LogP) is 2.61. The summed E-state index contributed by atoms with van der Waals surface area (Å²) in [6.45, 7) is 1.97. The molecular formula is C16H13O2S-. The van der Waals surface area contributed by atoms with Crippen molar-refractivity contribution in [2.75, 3.05) is 0 Å². The van der Waals surface area contributed by atoms with Crippen molar-refractivity contribution in [3.63, 3.8) is 0 Å². The van der Waals surface area contributed by atoms with Gasteiger partial charge in [-0.3, -0.25) is 0 Å². The third-order valence-corrected chi connectivity index (χ3v) is 4.71. The summed E-state index contributed by atoms with van der Waals surface area (Å²) in [6, 6.07) is 11.8. The van der Waals surface area contributed by atoms with Gasteiger partial charge in [-0.1, -0.05) is 30.0 Å². The summed E-state index contributed by atoms with van der Waals surface area (Å²) in [7, 11) is 0. The molecule has 2 aromatic carbocycles. The number of rotatable bonds is 1. The van der Waals surface area contributed by atoms with E-state index in [1.165, 1.54) is 16.0 Å². The summed E-state index contributed by atoms with van der Waals surface area (Å²) in [5.41, 5.74) is 3.89. The Morgan fingerprint density at radius 3 is 2.74 bits per heavy atom. The highest BCUT2D eigenvalue weighted by Gasteiger charge is 2.16. The Bertz CT molecular complexity index is 662. The van der Waals surface area contributed by atoms with Crippen LogP contribution in [0, 0.1) is 6.92 Å². The molecule has 3 rings (SSSR count). The van der Waals surface area contributed by atoms with Crippen LogP contribution < -0.4 is 5.11 Å². The molecule has 0 atom stereocenters. The number of benzene rings is 2. The van der Waals surface area contributed by atoms with Crippen LogP contribution in [0.3, 0.4) is 0 Å². The van der Waals surface area contributed by atoms with E-state index in [-0.39, 0.29) is 5.56 Å². The average Bonchev–Trinajstić information content (AvgIpc) is 2.57. The average molecular weight is 269 g/mol. The number of carboxylic acid groups (broad SMARTS) is 1. The standard InChI is InChI=1S/C16H14O2S/c1-10-8-12(16(17)18)9-15-13(10)7-6-11-4-2-3-5-14(11)19-15/h2-5,8-9H,6-7H2,1H3,(H,17,18)/p-1. The van der Waals surface area contributed by atoms with Crippen molar-refractivity contribution in [2.45, 2.75) is 29.6 Å². The van der Waals surface area contributed by atoms with Crippen LogP contribution in [0.4, 0.5) is 0 Å². The minimum absolute atomic E-state index is 0.267. The molecule has 2 aromatic rings. The molecule has 0 saturated heterocycles. The fourth-order valence-corrected chi connectivity index (χ4v) is 3.76. The number of fused-ring (bicyclic) bond motifs is 2. The van der Waals surface area contributed by atoms with E-state index in [1.807, 2.05) is 13.0 Å². The second kappa shape index (κ2) is 4.74. The topological polar surface area (TPSA) is 40.1 Å². The van der Waals surface area contributed by atoms with Crippen LogP contribution in [0.5, 0.6) is 0 Å². The fraction of sp³-hybridized carbons (Fsp3) is 0.188. The van der Waals surface area contributed by atoms with Crippen LogP contribution in [0.1, 0.15) is 27.0 Å². The van der Waals surface area contributed by atoms with Crippen molar-refractivity contribution in [3.8, 4) is 0 Å². The second-order valence-electron chi connectivity index (χ2n) is 4.77. The summed E-state index contributed by atoms with van der Waals surface area (Å²) >= 11 is 1.66. The molecule has 0 unspecified atom stereocenters. The van der Waals surface area contributed by atoms with E-state index in [1.54, 1.807) is 23.9 Å². The number of carbonyl (C=O) groups is 1. The molecule has 19 heavy (non-hydrogen) atoms. The molecule has 0 spiro atoms. The number of hydrogen-bond donors (Lipinski definition) is 0. The van der Waals surface area contributed by atoms with Crippen molar-refractivity contribution in [2.24, 2.45) is 0 Å². The highest BCUT2D eigenvalue weighted by Crippen LogP contribution is 2.38. The van der Waals surface area contributed by atoms with Gasteiger partial charge in [0.1, 0.15) is 0 Å². The van der Waals surface area contributed by atoms with Crippen LogP contribution in [-0.2, 0) is 12.8 Å². The van der Waals surface area contributed by atoms with Gasteiger partial charge in [-0.05, 0) is 60.2 Å². The summed E-state index contributed by atoms with van der Waals surface area (Å²) < 4.78 is 0. The molecule has 3 heteroatoms. The largest absolute Gasteiger partial charge is 0.545 e. The highest BCUT2D eigenvalue weighted by molar-refractivity contribution is 7.99. The summed E-state index contributed by atoms with van der Waals surface area (Å²) in [4.78, 5) is 13.3. The SMILES string of the molecule is Cc1cc(C(=O)[O-])cc2c1CCc1ccccc1S2. The Morgan fingerprint density at radius 1 is 1.16 bits per heavy atom. The normalized spacial score (nSPS) is 13.3. The quantitative estimate of drug-likeness (QED) is 0.799. The fourth-order valence-electron chi connectivity index (χ4n) is 2.50. The van der Waals surface area contributed by atoms with Gasteiger partial charge in [-0.25, -0.2) is 0 Å². The summed E-state index contributed by atoms with van der Waals surface area (Å²) in [6.07, 6.45) is 1.96. The molecule has 0 fully saturated rings. The van der Waals surface area contributed by atoms with Crippen LogP contribution in [0.25, 0.3) is 0 Å². The lowest BCUT2D eigenvalue weighted by Gasteiger charge is -2.12. The Labute approximate surface area is 116 Å². The molecule has 1 aliphatic rings. The molecule has 96 valence electrons. The van der Waals surface area contributed by atoms with Crippen molar-refractivity contribution in [1.82, 2.24) is 0 Å². The van der Waals surface area contributed by atoms with E-state index in [4.69, 9.17) is 0 Å². The zero-order chi connectivity index (χ0) is 13.4. The molecule has 0 amide bonds. The van der Waals surface area contributed by atoms with Crippen LogP contribution in [0.2, 0.25) is 0 Å². The Balaban J connectivity index is 2.13. The smallest absolute Gasteiger partial charge is 0.0715 e. The Kier molecular flexibility index (Phi) is 3.07. The zero-order valence-corrected chi connectivity index (χ0v) is 11.4. The molecule has 0 N–H and O–H groups in total. The molecule has 0 aromatic heterocycles. The zero-order valence-electron chi connectivity index (χ0n) is 10.6. The maximum Gasteiger partial charge on any atom is 0.0715 e. The van der Waals surface area contributed by atoms with Crippen molar-refractivity contribution >= 4 is 17.7 Å². The van der Waals surface area contributed by atoms with E-state index in [9.17, 15) is 9.90 Å². The third kappa shape index (κ3) is 2.26. The van der Waals surface area contributed by atoms with Crippen LogP contribution >= 0.6 is 11.8 Å². The van der Waals surface area contributed by atoms with Gasteiger partial charge >= 0.3 is 0 Å². The molecule has 0 saturated carbocycles. The number of aromatic carboxylic acids is 1. The number of aryl methyl sites for hydroxylation is 2. The minimum Gasteiger partial charge on any atom is -0.545 e. The Hall–Kier alpha value is -1.74. The van der Waals surface area contributed by atoms with Gasteiger partial charge in [-0.15, -0.1) is 0 Å². The first-order valence-corrected chi connectivity index (χ1v) is 7.07. The third-order valence-electron chi connectivity index (χ3n) is 3.50. The lowest BCUT2D eigenvalue weighted by molar-refractivity contribution is -0.255. The number of hydrogen-bond acceptors (Lipinski definition) is 3. The first-order chi connectivity index (χ1) is 9.15. The second-order valence-corrected chi connectivity index (χ2v) is 5.85. The van der Waals surface area contributed by atoms with E-state index in [2.05, 4.69) is 18.2 Å². The number of carboxylic acids is 1. The molecular weight excluding hydrogens is 256 g/mol. The molecule has 1 heterocycles.